The molecule has 0 aromatic rings. The van der Waals surface area contributed by atoms with E-state index in [0.717, 1.165) is 5.92 Å². The first-order chi connectivity index (χ1) is 5.52. The minimum atomic E-state index is 0.534. The summed E-state index contributed by atoms with van der Waals surface area (Å²) in [7, 11) is 2.19. The molecule has 2 heteroatoms. The van der Waals surface area contributed by atoms with Crippen molar-refractivity contribution in [2.75, 3.05) is 20.1 Å². The van der Waals surface area contributed by atoms with Gasteiger partial charge in [0.25, 0.3) is 0 Å². The lowest BCUT2D eigenvalue weighted by Gasteiger charge is -2.18. The van der Waals surface area contributed by atoms with Gasteiger partial charge in [0, 0.05) is 5.25 Å². The lowest BCUT2D eigenvalue weighted by molar-refractivity contribution is 0.307. The van der Waals surface area contributed by atoms with Crippen molar-refractivity contribution in [3.05, 3.63) is 0 Å². The van der Waals surface area contributed by atoms with Crippen molar-refractivity contribution in [2.24, 2.45) is 5.92 Å². The Labute approximate surface area is 82.9 Å². The van der Waals surface area contributed by atoms with Crippen LogP contribution in [0, 0.1) is 5.92 Å². The fourth-order valence-corrected chi connectivity index (χ4v) is 1.11. The van der Waals surface area contributed by atoms with Crippen LogP contribution in [0.5, 0.6) is 0 Å². The van der Waals surface area contributed by atoms with Gasteiger partial charge in [0.1, 0.15) is 0 Å². The van der Waals surface area contributed by atoms with E-state index < -0.39 is 0 Å². The van der Waals surface area contributed by atoms with Crippen LogP contribution in [-0.4, -0.2) is 30.3 Å². The van der Waals surface area contributed by atoms with Crippen LogP contribution in [0.4, 0.5) is 0 Å². The van der Waals surface area contributed by atoms with E-state index in [9.17, 15) is 0 Å². The third-order valence-electron chi connectivity index (χ3n) is 2.02. The van der Waals surface area contributed by atoms with Crippen molar-refractivity contribution in [1.29, 1.82) is 0 Å². The lowest BCUT2D eigenvalue weighted by Crippen LogP contribution is -2.23. The normalized spacial score (nSPS) is 14.2. The van der Waals surface area contributed by atoms with Crippen molar-refractivity contribution in [3.8, 4) is 0 Å². The third-order valence-corrected chi connectivity index (χ3v) is 2.27. The number of hydrogen-bond donors (Lipinski definition) is 1. The second kappa shape index (κ2) is 6.79. The van der Waals surface area contributed by atoms with Crippen molar-refractivity contribution < 1.29 is 0 Å². The summed E-state index contributed by atoms with van der Waals surface area (Å²) in [4.78, 5) is 2.40. The zero-order valence-electron chi connectivity index (χ0n) is 8.88. The minimum Gasteiger partial charge on any atom is -0.306 e. The van der Waals surface area contributed by atoms with Crippen LogP contribution < -0.4 is 0 Å². The van der Waals surface area contributed by atoms with E-state index in [1.165, 1.54) is 25.9 Å². The standard InChI is InChI=1S/C10H23NS/c1-9(2)5-7-11(4)8-6-10(3)12/h9-10,12H,5-8H2,1-4H3. The topological polar surface area (TPSA) is 3.24 Å². The molecule has 0 rings (SSSR count). The Hall–Kier alpha value is 0.310. The van der Waals surface area contributed by atoms with Crippen molar-refractivity contribution in [3.63, 3.8) is 0 Å². The summed E-state index contributed by atoms with van der Waals surface area (Å²) in [6.07, 6.45) is 2.50. The van der Waals surface area contributed by atoms with Crippen LogP contribution in [0.1, 0.15) is 33.6 Å². The molecule has 0 radical (unpaired) electrons. The van der Waals surface area contributed by atoms with E-state index in [2.05, 4.69) is 45.3 Å². The highest BCUT2D eigenvalue weighted by Crippen LogP contribution is 2.03. The highest BCUT2D eigenvalue weighted by atomic mass is 32.1. The molecule has 0 heterocycles. The van der Waals surface area contributed by atoms with E-state index in [4.69, 9.17) is 0 Å². The van der Waals surface area contributed by atoms with E-state index in [1.54, 1.807) is 0 Å². The van der Waals surface area contributed by atoms with Crippen LogP contribution in [0.25, 0.3) is 0 Å². The molecule has 74 valence electrons. The first-order valence-electron chi connectivity index (χ1n) is 4.89. The smallest absolute Gasteiger partial charge is 0.0000571 e. The average molecular weight is 189 g/mol. The number of nitrogens with zero attached hydrogens (tertiary/aromatic N) is 1. The predicted octanol–water partition coefficient (Wildman–Crippen LogP) is 2.67. The van der Waals surface area contributed by atoms with E-state index in [1.807, 2.05) is 0 Å². The fraction of sp³-hybridized carbons (Fsp3) is 1.00. The molecule has 0 N–H and O–H groups in total. The van der Waals surface area contributed by atoms with Crippen LogP contribution >= 0.6 is 12.6 Å². The van der Waals surface area contributed by atoms with E-state index in [0.29, 0.717) is 5.25 Å². The van der Waals surface area contributed by atoms with Gasteiger partial charge < -0.3 is 4.90 Å². The van der Waals surface area contributed by atoms with Gasteiger partial charge in [-0.15, -0.1) is 0 Å². The number of hydrogen-bond acceptors (Lipinski definition) is 2. The molecule has 1 atom stereocenters. The summed E-state index contributed by atoms with van der Waals surface area (Å²) < 4.78 is 0. The quantitative estimate of drug-likeness (QED) is 0.629. The largest absolute Gasteiger partial charge is 0.306 e. The second-order valence-corrected chi connectivity index (χ2v) is 5.01. The van der Waals surface area contributed by atoms with Gasteiger partial charge in [0.05, 0.1) is 0 Å². The monoisotopic (exact) mass is 189 g/mol. The van der Waals surface area contributed by atoms with Gasteiger partial charge in [0.2, 0.25) is 0 Å². The van der Waals surface area contributed by atoms with Gasteiger partial charge in [-0.05, 0) is 38.9 Å². The van der Waals surface area contributed by atoms with Crippen molar-refractivity contribution >= 4 is 12.6 Å². The molecule has 0 bridgehead atoms. The molecule has 0 aliphatic carbocycles. The van der Waals surface area contributed by atoms with Gasteiger partial charge in [-0.25, -0.2) is 0 Å². The highest BCUT2D eigenvalue weighted by molar-refractivity contribution is 7.80. The summed E-state index contributed by atoms with van der Waals surface area (Å²) >= 11 is 4.35. The maximum absolute atomic E-state index is 4.35. The Kier molecular flexibility index (Phi) is 6.96. The molecule has 0 saturated heterocycles. The van der Waals surface area contributed by atoms with E-state index >= 15 is 0 Å². The van der Waals surface area contributed by atoms with Gasteiger partial charge in [0.15, 0.2) is 0 Å². The zero-order chi connectivity index (χ0) is 9.56. The molecule has 0 aromatic carbocycles. The van der Waals surface area contributed by atoms with E-state index in [-0.39, 0.29) is 0 Å². The summed E-state index contributed by atoms with van der Waals surface area (Å²) in [5.41, 5.74) is 0. The fourth-order valence-electron chi connectivity index (χ4n) is 0.998. The minimum absolute atomic E-state index is 0.534. The van der Waals surface area contributed by atoms with Crippen LogP contribution in [0.3, 0.4) is 0 Å². The third kappa shape index (κ3) is 8.41. The number of thiol groups is 1. The van der Waals surface area contributed by atoms with Crippen LogP contribution in [-0.2, 0) is 0 Å². The molecule has 0 fully saturated rings. The maximum Gasteiger partial charge on any atom is 0.0000571 e. The Morgan fingerprint density at radius 2 is 1.58 bits per heavy atom. The van der Waals surface area contributed by atoms with Crippen LogP contribution in [0.2, 0.25) is 0 Å². The summed E-state index contributed by atoms with van der Waals surface area (Å²) in [5, 5.41) is 0.534. The lowest BCUT2D eigenvalue weighted by atomic mass is 10.1. The van der Waals surface area contributed by atoms with Crippen LogP contribution in [0.15, 0.2) is 0 Å². The van der Waals surface area contributed by atoms with Gasteiger partial charge >= 0.3 is 0 Å². The maximum atomic E-state index is 4.35. The molecule has 1 nitrogen and oxygen atoms in total. The predicted molar refractivity (Wildman–Crippen MR) is 60.0 cm³/mol. The Bertz CT molecular complexity index is 90.0. The summed E-state index contributed by atoms with van der Waals surface area (Å²) in [6, 6.07) is 0. The second-order valence-electron chi connectivity index (χ2n) is 4.12. The summed E-state index contributed by atoms with van der Waals surface area (Å²) in [5.74, 6) is 0.820. The molecule has 0 spiro atoms. The Balaban J connectivity index is 3.27. The van der Waals surface area contributed by atoms with Gasteiger partial charge in [-0.3, -0.25) is 0 Å². The molecule has 0 aromatic heterocycles. The molecule has 0 amide bonds. The number of rotatable bonds is 6. The molecular formula is C10H23NS. The first kappa shape index (κ1) is 12.3. The Morgan fingerprint density at radius 1 is 1.08 bits per heavy atom. The van der Waals surface area contributed by atoms with Crippen molar-refractivity contribution in [1.82, 2.24) is 4.90 Å². The van der Waals surface area contributed by atoms with Gasteiger partial charge in [-0.1, -0.05) is 20.8 Å². The Morgan fingerprint density at radius 3 is 2.00 bits per heavy atom. The molecular weight excluding hydrogens is 166 g/mol. The SMILES string of the molecule is CC(C)CCN(C)CCC(C)S. The zero-order valence-corrected chi connectivity index (χ0v) is 9.77. The molecule has 0 aliphatic rings. The first-order valence-corrected chi connectivity index (χ1v) is 5.40. The van der Waals surface area contributed by atoms with Crippen molar-refractivity contribution in [2.45, 2.75) is 38.9 Å². The molecule has 12 heavy (non-hydrogen) atoms. The summed E-state index contributed by atoms with van der Waals surface area (Å²) in [6.45, 7) is 9.10. The average Bonchev–Trinajstić information content (AvgIpc) is 1.96. The van der Waals surface area contributed by atoms with Gasteiger partial charge in [-0.2, -0.15) is 12.6 Å². The molecule has 1 unspecified atom stereocenters. The highest BCUT2D eigenvalue weighted by Gasteiger charge is 2.01. The molecule has 0 saturated carbocycles. The molecule has 0 aliphatic heterocycles.